The summed E-state index contributed by atoms with van der Waals surface area (Å²) in [6.07, 6.45) is 6.31. The van der Waals surface area contributed by atoms with Crippen LogP contribution in [0.2, 0.25) is 5.02 Å². The molecule has 3 heterocycles. The zero-order chi connectivity index (χ0) is 23.8. The summed E-state index contributed by atoms with van der Waals surface area (Å²) in [4.78, 5) is 22.7. The first kappa shape index (κ1) is 22.2. The lowest BCUT2D eigenvalue weighted by Gasteiger charge is -2.31. The molecule has 34 heavy (non-hydrogen) atoms. The van der Waals surface area contributed by atoms with Gasteiger partial charge in [-0.05, 0) is 36.8 Å². The van der Waals surface area contributed by atoms with Gasteiger partial charge in [-0.3, -0.25) is 4.79 Å². The molecule has 8 heteroatoms. The Morgan fingerprint density at radius 3 is 2.68 bits per heavy atom. The summed E-state index contributed by atoms with van der Waals surface area (Å²) in [6.45, 7) is 6.83. The molecule has 1 aliphatic rings. The second kappa shape index (κ2) is 8.99. The van der Waals surface area contributed by atoms with E-state index in [9.17, 15) is 4.79 Å². The van der Waals surface area contributed by atoms with Crippen LogP contribution in [0.15, 0.2) is 55.5 Å². The minimum Gasteiger partial charge on any atom is -0.493 e. The zero-order valence-electron chi connectivity index (χ0n) is 19.1. The summed E-state index contributed by atoms with van der Waals surface area (Å²) in [7, 11) is 1.62. The highest BCUT2D eigenvalue weighted by atomic mass is 35.5. The van der Waals surface area contributed by atoms with E-state index in [4.69, 9.17) is 21.1 Å². The van der Waals surface area contributed by atoms with E-state index in [2.05, 4.69) is 16.5 Å². The number of aryl methyl sites for hydroxylation is 1. The van der Waals surface area contributed by atoms with E-state index in [0.29, 0.717) is 24.6 Å². The highest BCUT2D eigenvalue weighted by molar-refractivity contribution is 6.36. The van der Waals surface area contributed by atoms with Crippen molar-refractivity contribution in [1.29, 1.82) is 0 Å². The fourth-order valence-electron chi connectivity index (χ4n) is 4.47. The molecule has 0 unspecified atom stereocenters. The molecule has 0 radical (unpaired) electrons. The molecule has 2 aromatic carbocycles. The smallest absolute Gasteiger partial charge is 0.245 e. The molecule has 7 nitrogen and oxygen atoms in total. The van der Waals surface area contributed by atoms with Crippen molar-refractivity contribution >= 4 is 39.3 Å². The van der Waals surface area contributed by atoms with E-state index in [0.717, 1.165) is 51.1 Å². The van der Waals surface area contributed by atoms with Crippen LogP contribution in [-0.4, -0.2) is 51.6 Å². The number of hydrogen-bond donors (Lipinski definition) is 0. The Morgan fingerprint density at radius 2 is 1.94 bits per heavy atom. The van der Waals surface area contributed by atoms with Crippen molar-refractivity contribution in [2.24, 2.45) is 0 Å². The number of methoxy groups -OCH3 is 1. The van der Waals surface area contributed by atoms with Gasteiger partial charge in [0.05, 0.1) is 23.2 Å². The molecule has 0 spiro atoms. The van der Waals surface area contributed by atoms with Gasteiger partial charge in [-0.1, -0.05) is 24.2 Å². The largest absolute Gasteiger partial charge is 0.493 e. The SMILES string of the molecule is C=CC(=O)N1CCC(Oc2cc3c(-n4ccc5c(Cl)c(C)ccc54)ncnc3cc2OC)CC1. The lowest BCUT2D eigenvalue weighted by molar-refractivity contribution is -0.127. The van der Waals surface area contributed by atoms with Crippen molar-refractivity contribution in [1.82, 2.24) is 19.4 Å². The number of fused-ring (bicyclic) bond motifs is 2. The normalized spacial score (nSPS) is 14.5. The molecule has 0 N–H and O–H groups in total. The third-order valence-corrected chi connectivity index (χ3v) is 6.85. The summed E-state index contributed by atoms with van der Waals surface area (Å²) < 4.78 is 14.0. The molecule has 1 amide bonds. The summed E-state index contributed by atoms with van der Waals surface area (Å²) >= 11 is 6.54. The molecule has 1 saturated heterocycles. The van der Waals surface area contributed by atoms with Crippen molar-refractivity contribution < 1.29 is 14.3 Å². The van der Waals surface area contributed by atoms with Gasteiger partial charge in [0.1, 0.15) is 18.2 Å². The van der Waals surface area contributed by atoms with Gasteiger partial charge in [0.25, 0.3) is 0 Å². The number of halogens is 1. The Hall–Kier alpha value is -3.58. The zero-order valence-corrected chi connectivity index (χ0v) is 19.9. The van der Waals surface area contributed by atoms with Crippen LogP contribution in [0.1, 0.15) is 18.4 Å². The number of aromatic nitrogens is 3. The van der Waals surface area contributed by atoms with Crippen LogP contribution in [-0.2, 0) is 4.79 Å². The van der Waals surface area contributed by atoms with Crippen molar-refractivity contribution in [3.8, 4) is 17.3 Å². The predicted octanol–water partition coefficient (Wildman–Crippen LogP) is 5.10. The lowest BCUT2D eigenvalue weighted by Crippen LogP contribution is -2.41. The monoisotopic (exact) mass is 476 g/mol. The summed E-state index contributed by atoms with van der Waals surface area (Å²) in [5, 5.41) is 2.55. The van der Waals surface area contributed by atoms with E-state index in [1.54, 1.807) is 18.3 Å². The van der Waals surface area contributed by atoms with E-state index in [-0.39, 0.29) is 12.0 Å². The summed E-state index contributed by atoms with van der Waals surface area (Å²) in [6, 6.07) is 9.86. The van der Waals surface area contributed by atoms with Crippen LogP contribution in [0.25, 0.3) is 27.6 Å². The average Bonchev–Trinajstić information content (AvgIpc) is 3.30. The van der Waals surface area contributed by atoms with E-state index < -0.39 is 0 Å². The molecule has 4 aromatic rings. The fourth-order valence-corrected chi connectivity index (χ4v) is 4.69. The van der Waals surface area contributed by atoms with Crippen LogP contribution in [0, 0.1) is 6.92 Å². The maximum absolute atomic E-state index is 11.9. The van der Waals surface area contributed by atoms with Gasteiger partial charge in [0.15, 0.2) is 11.5 Å². The van der Waals surface area contributed by atoms with Gasteiger partial charge < -0.3 is 18.9 Å². The van der Waals surface area contributed by atoms with Crippen LogP contribution in [0.4, 0.5) is 0 Å². The molecular formula is C26H25ClN4O3. The Labute approximate surface area is 202 Å². The molecule has 1 fully saturated rings. The fraction of sp³-hybridized carbons (Fsp3) is 0.269. The van der Waals surface area contributed by atoms with Crippen molar-refractivity contribution in [3.63, 3.8) is 0 Å². The van der Waals surface area contributed by atoms with Crippen LogP contribution in [0.3, 0.4) is 0 Å². The molecule has 0 aliphatic carbocycles. The third-order valence-electron chi connectivity index (χ3n) is 6.35. The van der Waals surface area contributed by atoms with Crippen molar-refractivity contribution in [2.75, 3.05) is 20.2 Å². The number of carbonyl (C=O) groups is 1. The summed E-state index contributed by atoms with van der Waals surface area (Å²) in [5.74, 6) is 1.93. The minimum absolute atomic E-state index is 0.0255. The van der Waals surface area contributed by atoms with Gasteiger partial charge in [0.2, 0.25) is 5.91 Å². The standard InChI is InChI=1S/C26H25ClN4O3/c1-4-24(32)30-10-7-17(8-11-30)34-23-13-19-20(14-22(23)33-3)28-15-29-26(19)31-12-9-18-21(31)6-5-16(2)25(18)27/h4-6,9,12-15,17H,1,7-8,10-11H2,2-3H3. The Morgan fingerprint density at radius 1 is 1.15 bits per heavy atom. The second-order valence-corrected chi connectivity index (χ2v) is 8.76. The number of nitrogens with zero attached hydrogens (tertiary/aromatic N) is 4. The van der Waals surface area contributed by atoms with Crippen LogP contribution >= 0.6 is 11.6 Å². The molecule has 1 aliphatic heterocycles. The number of ether oxygens (including phenoxy) is 2. The molecule has 5 rings (SSSR count). The highest BCUT2D eigenvalue weighted by Gasteiger charge is 2.24. The van der Waals surface area contributed by atoms with Crippen LogP contribution < -0.4 is 9.47 Å². The number of rotatable bonds is 5. The average molecular weight is 477 g/mol. The maximum atomic E-state index is 11.9. The molecule has 174 valence electrons. The number of benzene rings is 2. The number of hydrogen-bond acceptors (Lipinski definition) is 5. The Balaban J connectivity index is 1.53. The topological polar surface area (TPSA) is 69.5 Å². The van der Waals surface area contributed by atoms with Gasteiger partial charge >= 0.3 is 0 Å². The van der Waals surface area contributed by atoms with E-state index in [1.165, 1.54) is 6.08 Å². The first-order valence-electron chi connectivity index (χ1n) is 11.2. The highest BCUT2D eigenvalue weighted by Crippen LogP contribution is 2.36. The maximum Gasteiger partial charge on any atom is 0.245 e. The predicted molar refractivity (Wildman–Crippen MR) is 133 cm³/mol. The first-order valence-corrected chi connectivity index (χ1v) is 11.5. The number of carbonyl (C=O) groups excluding carboxylic acids is 1. The molecule has 0 saturated carbocycles. The minimum atomic E-state index is -0.0437. The molecule has 0 atom stereocenters. The van der Waals surface area contributed by atoms with E-state index >= 15 is 0 Å². The third kappa shape index (κ3) is 3.86. The molecule has 2 aromatic heterocycles. The molecule has 0 bridgehead atoms. The number of amides is 1. The van der Waals surface area contributed by atoms with Crippen molar-refractivity contribution in [2.45, 2.75) is 25.9 Å². The van der Waals surface area contributed by atoms with Gasteiger partial charge in [-0.2, -0.15) is 0 Å². The first-order chi connectivity index (χ1) is 16.5. The van der Waals surface area contributed by atoms with Gasteiger partial charge in [-0.15, -0.1) is 0 Å². The number of likely N-dealkylation sites (tertiary alicyclic amines) is 1. The van der Waals surface area contributed by atoms with Gasteiger partial charge in [0, 0.05) is 49.0 Å². The molecular weight excluding hydrogens is 452 g/mol. The van der Waals surface area contributed by atoms with Crippen LogP contribution in [0.5, 0.6) is 11.5 Å². The van der Waals surface area contributed by atoms with Gasteiger partial charge in [-0.25, -0.2) is 9.97 Å². The quantitative estimate of drug-likeness (QED) is 0.375. The Bertz CT molecular complexity index is 1410. The lowest BCUT2D eigenvalue weighted by atomic mass is 10.1. The number of piperidine rings is 1. The summed E-state index contributed by atoms with van der Waals surface area (Å²) in [5.41, 5.74) is 2.74. The van der Waals surface area contributed by atoms with E-state index in [1.807, 2.05) is 48.0 Å². The van der Waals surface area contributed by atoms with Crippen molar-refractivity contribution in [3.05, 3.63) is 66.1 Å². The Kier molecular flexibility index (Phi) is 5.87. The second-order valence-electron chi connectivity index (χ2n) is 8.38.